The van der Waals surface area contributed by atoms with Gasteiger partial charge in [0.05, 0.1) is 5.52 Å². The fourth-order valence-electron chi connectivity index (χ4n) is 15.3. The fourth-order valence-corrected chi connectivity index (χ4v) is 24.0. The molecule has 8 aromatic heterocycles. The molecule has 0 amide bonds. The first-order valence-electron chi connectivity index (χ1n) is 36.6. The van der Waals surface area contributed by atoms with Gasteiger partial charge in [0.2, 0.25) is 11.8 Å². The summed E-state index contributed by atoms with van der Waals surface area (Å²) in [6, 6.07) is 119. The second kappa shape index (κ2) is 32.5. The van der Waals surface area contributed by atoms with Crippen LogP contribution < -0.4 is 67.1 Å². The third kappa shape index (κ3) is 13.7. The Morgan fingerprint density at radius 2 is 0.624 bits per heavy atom. The zero-order chi connectivity index (χ0) is 76.3. The molecule has 0 aliphatic carbocycles. The van der Waals surface area contributed by atoms with Crippen molar-refractivity contribution in [3.8, 4) is 91.0 Å². The zero-order valence-corrected chi connectivity index (χ0v) is 68.5. The molecule has 3 atom stereocenters. The van der Waals surface area contributed by atoms with Gasteiger partial charge in [-0.05, 0) is 78.2 Å². The molecule has 3 unspecified atom stereocenters. The molecule has 117 heavy (non-hydrogen) atoms. The van der Waals surface area contributed by atoms with Crippen LogP contribution in [0.25, 0.3) is 88.5 Å². The maximum atomic E-state index is 15.0. The molecule has 0 bridgehead atoms. The predicted octanol–water partition coefficient (Wildman–Crippen LogP) is 18.4. The maximum Gasteiger partial charge on any atom is 2.00 e. The molecule has 0 saturated carbocycles. The third-order valence-electron chi connectivity index (χ3n) is 20.3. The summed E-state index contributed by atoms with van der Waals surface area (Å²) < 4.78 is 72.7. The van der Waals surface area contributed by atoms with E-state index in [4.69, 9.17) is 18.9 Å². The predicted molar refractivity (Wildman–Crippen MR) is 449 cm³/mol. The Kier molecular flexibility index (Phi) is 21.5. The fraction of sp³-hybridized carbons (Fsp3) is 0. The number of nitrogens with zero attached hydrogens (tertiary/aromatic N) is 8. The number of ether oxygens (including phenoxy) is 4. The molecule has 0 spiro atoms. The van der Waals surface area contributed by atoms with Crippen molar-refractivity contribution in [1.82, 2.24) is 39.0 Å². The van der Waals surface area contributed by atoms with Gasteiger partial charge in [0.25, 0.3) is 0 Å². The van der Waals surface area contributed by atoms with Crippen molar-refractivity contribution in [3.05, 3.63) is 383 Å². The van der Waals surface area contributed by atoms with Crippen molar-refractivity contribution in [2.24, 2.45) is 0 Å². The number of rotatable bonds is 13. The van der Waals surface area contributed by atoms with Crippen molar-refractivity contribution in [2.75, 3.05) is 0 Å². The van der Waals surface area contributed by atoms with Gasteiger partial charge in [0, 0.05) is 116 Å². The Balaban J connectivity index is 0.000000125. The molecule has 0 fully saturated rings. The molecule has 15 nitrogen and oxygen atoms in total. The number of para-hydroxylation sites is 2. The molecule has 3 aliphatic heterocycles. The van der Waals surface area contributed by atoms with Gasteiger partial charge in [0.15, 0.2) is 21.4 Å². The van der Waals surface area contributed by atoms with Gasteiger partial charge in [-0.1, -0.05) is 195 Å². The van der Waals surface area contributed by atoms with Gasteiger partial charge >= 0.3 is 61.3 Å². The number of hydrogen-bond acceptors (Lipinski definition) is 13. The first-order chi connectivity index (χ1) is 56.1. The summed E-state index contributed by atoms with van der Waals surface area (Å²) in [4.78, 5) is 26.6. The third-order valence-corrected chi connectivity index (χ3v) is 29.2. The minimum Gasteiger partial charge on any atom is -0.509 e. The first-order valence-corrected chi connectivity index (χ1v) is 41.7. The summed E-state index contributed by atoms with van der Waals surface area (Å²) in [6.45, 7) is 0. The van der Waals surface area contributed by atoms with Crippen LogP contribution >= 0.6 is 21.4 Å². The second-order valence-corrected chi connectivity index (χ2v) is 34.7. The van der Waals surface area contributed by atoms with Gasteiger partial charge in [0.1, 0.15) is 22.0 Å². The topological polar surface area (TPSA) is 175 Å². The van der Waals surface area contributed by atoms with E-state index in [0.717, 1.165) is 104 Å². The summed E-state index contributed by atoms with van der Waals surface area (Å²) in [5.41, 5.74) is 12.5. The van der Waals surface area contributed by atoms with E-state index in [9.17, 15) is 9.13 Å². The van der Waals surface area contributed by atoms with E-state index in [2.05, 4.69) is 112 Å². The molecule has 0 saturated heterocycles. The van der Waals surface area contributed by atoms with Crippen LogP contribution in [0.2, 0.25) is 0 Å². The molecule has 19 aromatic rings. The summed E-state index contributed by atoms with van der Waals surface area (Å²) in [7, 11) is -9.62. The van der Waals surface area contributed by atoms with Crippen LogP contribution in [0.1, 0.15) is 0 Å². The molecular formula is C96H57N8O7P3Pd3. The standard InChI is InChI=1S/2C34H20N3O2P.C28H17N2O3P.3Pd/c38-40(34-14-6-8-20-36-34)31-12-4-2-10-27(31)28-17-15-23(21-32(28)40)37-29-11-3-1-9-25(29)26-18-16-24(22-30(26)37)39-33-13-5-7-19-35-33;38-40(33-16-5-6-19-35-33)31-15-4-2-12-27(31)28-18-17-25(22-32(28)40)39-24-10-7-9-23(21-24)37-30-14-3-1-11-26(30)29-13-8-20-36-34(29)37;31-34(28-13-4-6-17-30-28)25-11-2-1-10-23(25)24-15-14-22(19-26(24)34)32-20-8-7-9-21(18-20)33-27-12-3-5-16-29-27;;;/h2*1-20H;1-17H;;;/q3*-2;3*+2. The maximum absolute atomic E-state index is 15.0. The van der Waals surface area contributed by atoms with Gasteiger partial charge in [-0.2, -0.15) is 36.4 Å². The molecular weight excluding hydrogens is 1790 g/mol. The van der Waals surface area contributed by atoms with Crippen molar-refractivity contribution in [3.63, 3.8) is 0 Å². The average molecular weight is 1850 g/mol. The molecule has 21 heteroatoms. The normalized spacial score (nSPS) is 15.4. The van der Waals surface area contributed by atoms with Gasteiger partial charge in [-0.15, -0.1) is 101 Å². The first kappa shape index (κ1) is 77.4. The van der Waals surface area contributed by atoms with E-state index in [1.54, 1.807) is 61.4 Å². The van der Waals surface area contributed by atoms with E-state index < -0.39 is 21.4 Å². The molecule has 22 rings (SSSR count). The minimum absolute atomic E-state index is 0. The van der Waals surface area contributed by atoms with Crippen molar-refractivity contribution < 1.29 is 93.9 Å². The monoisotopic (exact) mass is 1840 g/mol. The van der Waals surface area contributed by atoms with Crippen LogP contribution in [-0.2, 0) is 75.0 Å². The van der Waals surface area contributed by atoms with Crippen LogP contribution in [0, 0.1) is 36.4 Å². The van der Waals surface area contributed by atoms with Gasteiger partial charge in [-0.25, -0.2) is 15.0 Å². The van der Waals surface area contributed by atoms with E-state index in [0.29, 0.717) is 78.5 Å². The SMILES string of the molecule is O=P1(c2ccccn2)c2[c-]c(-n3c4[c-]c(Oc5ccccn5)ccc4c4ccccc43)ccc2-c2ccccc21.O=P1(c2ccccn2)c2[c-]c(Oc3[c-]c(-n4c5ccccc5c5cccnc54)ccc3)ccc2-c2ccccc21.O=P1(c2ccccn2)c2[c-]c(Oc3[c-]c(Oc4ccccn4)ccc3)ccc2-c2ccccc21.[Pd+2].[Pd+2].[Pd+2]. The van der Waals surface area contributed by atoms with Gasteiger partial charge in [-0.3, -0.25) is 15.0 Å². The number of fused-ring (bicyclic) bond motifs is 15. The summed E-state index contributed by atoms with van der Waals surface area (Å²) in [5.74, 6) is 3.89. The Hall–Kier alpha value is -12.2. The van der Waals surface area contributed by atoms with E-state index in [1.165, 1.54) is 0 Å². The van der Waals surface area contributed by atoms with Gasteiger partial charge < -0.3 is 41.8 Å². The number of benzene rings is 11. The Morgan fingerprint density at radius 3 is 1.13 bits per heavy atom. The zero-order valence-electron chi connectivity index (χ0n) is 61.1. The molecule has 0 N–H and O–H groups in total. The second-order valence-electron chi connectivity index (χ2n) is 26.9. The quantitative estimate of drug-likeness (QED) is 0.0606. The molecule has 11 aromatic carbocycles. The van der Waals surface area contributed by atoms with Crippen LogP contribution in [0.15, 0.2) is 347 Å². The molecule has 568 valence electrons. The van der Waals surface area contributed by atoms with E-state index >= 15 is 4.57 Å². The summed E-state index contributed by atoms with van der Waals surface area (Å²) >= 11 is 0. The average Bonchev–Trinajstić information content (AvgIpc) is 1.54. The van der Waals surface area contributed by atoms with E-state index in [-0.39, 0.29) is 61.3 Å². The molecule has 3 aliphatic rings. The molecule has 11 heterocycles. The van der Waals surface area contributed by atoms with Crippen molar-refractivity contribution in [1.29, 1.82) is 0 Å². The van der Waals surface area contributed by atoms with Crippen LogP contribution in [0.4, 0.5) is 0 Å². The van der Waals surface area contributed by atoms with E-state index in [1.807, 2.05) is 249 Å². The van der Waals surface area contributed by atoms with Crippen molar-refractivity contribution >= 4 is 113 Å². The smallest absolute Gasteiger partial charge is 0.509 e. The summed E-state index contributed by atoms with van der Waals surface area (Å²) in [5, 5.41) is 8.58. The minimum atomic E-state index is -3.23. The Bertz CT molecular complexity index is 7100. The van der Waals surface area contributed by atoms with Crippen LogP contribution in [0.3, 0.4) is 0 Å². The number of aromatic nitrogens is 8. The van der Waals surface area contributed by atoms with Crippen molar-refractivity contribution in [2.45, 2.75) is 0 Å². The summed E-state index contributed by atoms with van der Waals surface area (Å²) in [6.07, 6.45) is 10.2. The molecule has 0 radical (unpaired) electrons. The largest absolute Gasteiger partial charge is 2.00 e. The van der Waals surface area contributed by atoms with Crippen LogP contribution in [-0.4, -0.2) is 39.0 Å². The Labute approximate surface area is 714 Å². The van der Waals surface area contributed by atoms with Crippen LogP contribution in [0.5, 0.6) is 46.3 Å². The number of pyridine rings is 6. The number of hydrogen-bond donors (Lipinski definition) is 0. The Morgan fingerprint density at radius 1 is 0.248 bits per heavy atom.